The first-order chi connectivity index (χ1) is 16.3. The van der Waals surface area contributed by atoms with E-state index in [-0.39, 0.29) is 35.6 Å². The van der Waals surface area contributed by atoms with Crippen molar-refractivity contribution >= 4 is 29.3 Å². The van der Waals surface area contributed by atoms with Gasteiger partial charge in [0.15, 0.2) is 0 Å². The predicted octanol–water partition coefficient (Wildman–Crippen LogP) is 3.41. The Hall–Kier alpha value is -2.70. The zero-order valence-corrected chi connectivity index (χ0v) is 19.6. The Labute approximate surface area is 200 Å². The van der Waals surface area contributed by atoms with Crippen LogP contribution in [-0.2, 0) is 14.4 Å². The predicted molar refractivity (Wildman–Crippen MR) is 126 cm³/mol. The molecule has 4 amide bonds. The summed E-state index contributed by atoms with van der Waals surface area (Å²) < 4.78 is 0. The average molecular weight is 464 g/mol. The summed E-state index contributed by atoms with van der Waals surface area (Å²) in [4.78, 5) is 55.6. The van der Waals surface area contributed by atoms with E-state index < -0.39 is 11.9 Å². The molecule has 1 unspecified atom stereocenters. The molecule has 4 bridgehead atoms. The second-order valence-corrected chi connectivity index (χ2v) is 11.5. The van der Waals surface area contributed by atoms with Crippen LogP contribution in [-0.4, -0.2) is 40.6 Å². The number of primary amides is 1. The molecular weight excluding hydrogens is 430 g/mol. The van der Waals surface area contributed by atoms with Crippen molar-refractivity contribution in [1.29, 1.82) is 0 Å². The van der Waals surface area contributed by atoms with Crippen LogP contribution in [0.2, 0.25) is 0 Å². The summed E-state index contributed by atoms with van der Waals surface area (Å²) in [5.74, 6) is 0.906. The number of carbonyl (C=O) groups excluding carboxylic acids is 4. The molecule has 1 heterocycles. The van der Waals surface area contributed by atoms with Crippen LogP contribution in [0.1, 0.15) is 81.0 Å². The van der Waals surface area contributed by atoms with Gasteiger partial charge in [-0.2, -0.15) is 0 Å². The molecule has 0 radical (unpaired) electrons. The Morgan fingerprint density at radius 2 is 1.47 bits per heavy atom. The molecule has 5 aliphatic carbocycles. The summed E-state index contributed by atoms with van der Waals surface area (Å²) in [5.41, 5.74) is 5.74. The number of nitrogens with two attached hydrogens (primary N) is 1. The van der Waals surface area contributed by atoms with Crippen LogP contribution in [0.25, 0.3) is 0 Å². The van der Waals surface area contributed by atoms with Crippen LogP contribution < -0.4 is 10.6 Å². The number of carbonyl (C=O) groups is 4. The van der Waals surface area contributed by atoms with E-state index in [1.54, 1.807) is 12.1 Å². The van der Waals surface area contributed by atoms with Crippen molar-refractivity contribution < 1.29 is 19.2 Å². The van der Waals surface area contributed by atoms with Gasteiger partial charge in [0.2, 0.25) is 17.7 Å². The largest absolute Gasteiger partial charge is 0.366 e. The smallest absolute Gasteiger partial charge is 0.257 e. The standard InChI is InChI=1S/C27H33N3O4/c28-24(32)19-5-7-21(8-6-19)30-23(31)12-22(25(30)33)29(20-3-1-2-4-20)26(34)27-13-16-9-17(14-27)11-18(10-16)15-27/h5-8,16-18,20,22H,1-4,9-15H2,(H2,28,32). The molecule has 0 spiro atoms. The molecular formula is C27H33N3O4. The molecule has 7 heteroatoms. The lowest BCUT2D eigenvalue weighted by atomic mass is 9.49. The molecule has 5 saturated carbocycles. The normalized spacial score (nSPS) is 34.8. The number of anilines is 1. The maximum Gasteiger partial charge on any atom is 0.257 e. The van der Waals surface area contributed by atoms with Gasteiger partial charge >= 0.3 is 0 Å². The number of rotatable bonds is 5. The van der Waals surface area contributed by atoms with Crippen LogP contribution in [0.3, 0.4) is 0 Å². The van der Waals surface area contributed by atoms with Gasteiger partial charge in [-0.25, -0.2) is 4.90 Å². The fourth-order valence-corrected chi connectivity index (χ4v) is 8.27. The Morgan fingerprint density at radius 3 is 2.00 bits per heavy atom. The monoisotopic (exact) mass is 463 g/mol. The van der Waals surface area contributed by atoms with Gasteiger partial charge in [-0.05, 0) is 93.4 Å². The number of nitrogens with zero attached hydrogens (tertiary/aromatic N) is 2. The van der Waals surface area contributed by atoms with E-state index in [2.05, 4.69) is 0 Å². The molecule has 1 atom stereocenters. The summed E-state index contributed by atoms with van der Waals surface area (Å²) in [7, 11) is 0. The number of hydrogen-bond acceptors (Lipinski definition) is 4. The molecule has 2 N–H and O–H groups in total. The molecule has 1 aliphatic heterocycles. The Bertz CT molecular complexity index is 1010. The second kappa shape index (κ2) is 7.92. The van der Waals surface area contributed by atoms with Crippen LogP contribution in [0.15, 0.2) is 24.3 Å². The molecule has 7 rings (SSSR count). The first kappa shape index (κ1) is 21.8. The maximum atomic E-state index is 14.4. The van der Waals surface area contributed by atoms with Crippen molar-refractivity contribution in [2.45, 2.75) is 82.7 Å². The van der Waals surface area contributed by atoms with Crippen LogP contribution in [0.4, 0.5) is 5.69 Å². The summed E-state index contributed by atoms with van der Waals surface area (Å²) >= 11 is 0. The van der Waals surface area contributed by atoms with Crippen LogP contribution in [0.5, 0.6) is 0 Å². The lowest BCUT2D eigenvalue weighted by Crippen LogP contribution is -2.59. The van der Waals surface area contributed by atoms with Gasteiger partial charge in [-0.15, -0.1) is 0 Å². The van der Waals surface area contributed by atoms with Crippen molar-refractivity contribution in [2.24, 2.45) is 28.9 Å². The van der Waals surface area contributed by atoms with Gasteiger partial charge in [0, 0.05) is 11.6 Å². The first-order valence-corrected chi connectivity index (χ1v) is 12.9. The van der Waals surface area contributed by atoms with E-state index in [1.807, 2.05) is 4.90 Å². The topological polar surface area (TPSA) is 101 Å². The highest BCUT2D eigenvalue weighted by molar-refractivity contribution is 6.23. The summed E-state index contributed by atoms with van der Waals surface area (Å²) in [6.45, 7) is 0. The Morgan fingerprint density at radius 1 is 0.912 bits per heavy atom. The van der Waals surface area contributed by atoms with Gasteiger partial charge in [0.1, 0.15) is 6.04 Å². The molecule has 1 aromatic rings. The second-order valence-electron chi connectivity index (χ2n) is 11.5. The molecule has 0 aromatic heterocycles. The minimum atomic E-state index is -0.730. The van der Waals surface area contributed by atoms with E-state index in [4.69, 9.17) is 5.73 Å². The van der Waals surface area contributed by atoms with Crippen molar-refractivity contribution in [3.8, 4) is 0 Å². The molecule has 34 heavy (non-hydrogen) atoms. The van der Waals surface area contributed by atoms with Gasteiger partial charge in [-0.1, -0.05) is 12.8 Å². The number of imide groups is 1. The van der Waals surface area contributed by atoms with E-state index >= 15 is 0 Å². The Balaban J connectivity index is 1.31. The lowest BCUT2D eigenvalue weighted by molar-refractivity contribution is -0.164. The van der Waals surface area contributed by atoms with E-state index in [9.17, 15) is 19.2 Å². The van der Waals surface area contributed by atoms with Gasteiger partial charge in [0.25, 0.3) is 5.91 Å². The summed E-state index contributed by atoms with van der Waals surface area (Å²) in [6, 6.07) is 5.53. The van der Waals surface area contributed by atoms with Gasteiger partial charge in [0.05, 0.1) is 17.5 Å². The third kappa shape index (κ3) is 3.38. The fraction of sp³-hybridized carbons (Fsp3) is 0.630. The zero-order valence-electron chi connectivity index (χ0n) is 19.6. The summed E-state index contributed by atoms with van der Waals surface area (Å²) in [5, 5.41) is 0. The highest BCUT2D eigenvalue weighted by atomic mass is 16.2. The Kier molecular flexibility index (Phi) is 5.08. The number of benzene rings is 1. The number of amides is 4. The van der Waals surface area contributed by atoms with Crippen LogP contribution >= 0.6 is 0 Å². The minimum Gasteiger partial charge on any atom is -0.366 e. The van der Waals surface area contributed by atoms with E-state index in [1.165, 1.54) is 36.3 Å². The third-order valence-corrected chi connectivity index (χ3v) is 9.31. The minimum absolute atomic E-state index is 0.0327. The van der Waals surface area contributed by atoms with E-state index in [0.29, 0.717) is 29.0 Å². The number of hydrogen-bond donors (Lipinski definition) is 1. The van der Waals surface area contributed by atoms with E-state index in [0.717, 1.165) is 44.9 Å². The van der Waals surface area contributed by atoms with Crippen molar-refractivity contribution in [1.82, 2.24) is 4.90 Å². The summed E-state index contributed by atoms with van der Waals surface area (Å²) in [6.07, 6.45) is 10.6. The third-order valence-electron chi connectivity index (χ3n) is 9.31. The van der Waals surface area contributed by atoms with Crippen molar-refractivity contribution in [2.75, 3.05) is 4.90 Å². The molecule has 1 aromatic carbocycles. The van der Waals surface area contributed by atoms with Gasteiger partial charge in [-0.3, -0.25) is 19.2 Å². The van der Waals surface area contributed by atoms with Crippen molar-refractivity contribution in [3.05, 3.63) is 29.8 Å². The fourth-order valence-electron chi connectivity index (χ4n) is 8.27. The molecule has 180 valence electrons. The average Bonchev–Trinajstić information content (AvgIpc) is 3.42. The molecule has 7 nitrogen and oxygen atoms in total. The highest BCUT2D eigenvalue weighted by Gasteiger charge is 2.58. The zero-order chi connectivity index (χ0) is 23.6. The molecule has 6 aliphatic rings. The lowest BCUT2D eigenvalue weighted by Gasteiger charge is -2.57. The first-order valence-electron chi connectivity index (χ1n) is 12.9. The SMILES string of the molecule is NC(=O)c1ccc(N2C(=O)CC(N(C(=O)C34CC5CC(CC(C5)C3)C4)C3CCCC3)C2=O)cc1. The van der Waals surface area contributed by atoms with Crippen molar-refractivity contribution in [3.63, 3.8) is 0 Å². The molecule has 6 fully saturated rings. The maximum absolute atomic E-state index is 14.4. The van der Waals surface area contributed by atoms with Gasteiger partial charge < -0.3 is 10.6 Å². The quantitative estimate of drug-likeness (QED) is 0.676. The molecule has 1 saturated heterocycles. The van der Waals surface area contributed by atoms with Crippen LogP contribution in [0, 0.1) is 23.2 Å². The highest BCUT2D eigenvalue weighted by Crippen LogP contribution is 2.61.